The highest BCUT2D eigenvalue weighted by atomic mass is 35.5. The van der Waals surface area contributed by atoms with E-state index in [-0.39, 0.29) is 5.24 Å². The van der Waals surface area contributed by atoms with E-state index in [2.05, 4.69) is 0 Å². The second kappa shape index (κ2) is 3.22. The lowest BCUT2D eigenvalue weighted by atomic mass is 9.79. The van der Waals surface area contributed by atoms with Crippen LogP contribution in [0.5, 0.6) is 0 Å². The maximum absolute atomic E-state index is 9.78. The van der Waals surface area contributed by atoms with Gasteiger partial charge in [0.25, 0.3) is 0 Å². The molecular weight excluding hydrogens is 98.3 g/mol. The molecule has 0 unspecified atom stereocenters. The van der Waals surface area contributed by atoms with Gasteiger partial charge in [0.2, 0.25) is 5.24 Å². The molecule has 1 nitrogen and oxygen atoms in total. The number of hydrogen-bond acceptors (Lipinski definition) is 1. The zero-order chi connectivity index (χ0) is 4.99. The third-order valence-electron chi connectivity index (χ3n) is 0.365. The molecule has 0 amide bonds. The first kappa shape index (κ1) is 6.02. The van der Waals surface area contributed by atoms with Crippen molar-refractivity contribution in [3.05, 3.63) is 0 Å². The predicted molar refractivity (Wildman–Crippen MR) is 27.3 cm³/mol. The van der Waals surface area contributed by atoms with Gasteiger partial charge in [-0.2, -0.15) is 0 Å². The van der Waals surface area contributed by atoms with Crippen molar-refractivity contribution in [3.8, 4) is 0 Å². The molecule has 3 heteroatoms. The van der Waals surface area contributed by atoms with Gasteiger partial charge in [0.1, 0.15) is 7.28 Å². The molecule has 0 aliphatic heterocycles. The topological polar surface area (TPSA) is 17.1 Å². The Labute approximate surface area is 42.9 Å². The summed E-state index contributed by atoms with van der Waals surface area (Å²) in [7, 11) is 1.72. The minimum absolute atomic E-state index is 0.294. The normalized spacial score (nSPS) is 7.67. The standard InChI is InChI=1S/C3H5BClO/c1-4-2-3(5)6/h2H2,1H3. The summed E-state index contributed by atoms with van der Waals surface area (Å²) in [4.78, 5) is 9.78. The minimum Gasteiger partial charge on any atom is -0.282 e. The molecular formula is C3H5BClO. The van der Waals surface area contributed by atoms with Crippen LogP contribution in [-0.2, 0) is 4.79 Å². The van der Waals surface area contributed by atoms with Crippen LogP contribution in [0.3, 0.4) is 0 Å². The van der Waals surface area contributed by atoms with Crippen molar-refractivity contribution in [1.29, 1.82) is 0 Å². The van der Waals surface area contributed by atoms with E-state index in [1.165, 1.54) is 0 Å². The van der Waals surface area contributed by atoms with Crippen LogP contribution in [0.1, 0.15) is 0 Å². The molecule has 0 aromatic rings. The van der Waals surface area contributed by atoms with Crippen molar-refractivity contribution in [1.82, 2.24) is 0 Å². The number of carbonyl (C=O) groups is 1. The lowest BCUT2D eigenvalue weighted by Crippen LogP contribution is -1.87. The smallest absolute Gasteiger partial charge is 0.213 e. The fourth-order valence-corrected chi connectivity index (χ4v) is 0.315. The average molecular weight is 103 g/mol. The molecule has 0 saturated carbocycles. The first-order chi connectivity index (χ1) is 2.77. The highest BCUT2D eigenvalue weighted by molar-refractivity contribution is 6.68. The van der Waals surface area contributed by atoms with Gasteiger partial charge in [-0.1, -0.05) is 6.82 Å². The Morgan fingerprint density at radius 2 is 2.50 bits per heavy atom. The van der Waals surface area contributed by atoms with Gasteiger partial charge in [0.15, 0.2) is 0 Å². The SMILES string of the molecule is C[B]CC(=O)Cl. The van der Waals surface area contributed by atoms with Gasteiger partial charge < -0.3 is 0 Å². The number of rotatable bonds is 2. The average Bonchev–Trinajstić information content (AvgIpc) is 1.35. The molecule has 0 fully saturated rings. The van der Waals surface area contributed by atoms with Gasteiger partial charge in [-0.3, -0.25) is 4.79 Å². The van der Waals surface area contributed by atoms with Gasteiger partial charge in [0, 0.05) is 0 Å². The summed E-state index contributed by atoms with van der Waals surface area (Å²) >= 11 is 4.91. The molecule has 0 aromatic heterocycles. The number of halogens is 1. The summed E-state index contributed by atoms with van der Waals surface area (Å²) in [6.45, 7) is 1.79. The van der Waals surface area contributed by atoms with E-state index in [4.69, 9.17) is 11.6 Å². The summed E-state index contributed by atoms with van der Waals surface area (Å²) in [6.07, 6.45) is 0.377. The summed E-state index contributed by atoms with van der Waals surface area (Å²) < 4.78 is 0. The van der Waals surface area contributed by atoms with E-state index in [9.17, 15) is 4.79 Å². The molecule has 33 valence electrons. The van der Waals surface area contributed by atoms with E-state index in [0.717, 1.165) is 0 Å². The van der Waals surface area contributed by atoms with Gasteiger partial charge in [0.05, 0.1) is 0 Å². The van der Waals surface area contributed by atoms with Gasteiger partial charge in [-0.25, -0.2) is 0 Å². The zero-order valence-electron chi connectivity index (χ0n) is 3.57. The van der Waals surface area contributed by atoms with Crippen LogP contribution in [0.15, 0.2) is 0 Å². The molecule has 0 rings (SSSR count). The van der Waals surface area contributed by atoms with Crippen LogP contribution >= 0.6 is 11.6 Å². The van der Waals surface area contributed by atoms with Crippen molar-refractivity contribution >= 4 is 24.1 Å². The molecule has 1 radical (unpaired) electrons. The van der Waals surface area contributed by atoms with Crippen molar-refractivity contribution < 1.29 is 4.79 Å². The van der Waals surface area contributed by atoms with E-state index in [1.54, 1.807) is 14.1 Å². The highest BCUT2D eigenvalue weighted by Crippen LogP contribution is 1.84. The van der Waals surface area contributed by atoms with E-state index in [0.29, 0.717) is 6.32 Å². The molecule has 0 aliphatic rings. The van der Waals surface area contributed by atoms with Crippen LogP contribution < -0.4 is 0 Å². The maximum atomic E-state index is 9.78. The van der Waals surface area contributed by atoms with Crippen LogP contribution in [0.4, 0.5) is 0 Å². The Morgan fingerprint density at radius 1 is 2.00 bits per heavy atom. The summed E-state index contributed by atoms with van der Waals surface area (Å²) in [5.74, 6) is 0. The lowest BCUT2D eigenvalue weighted by Gasteiger charge is -1.75. The van der Waals surface area contributed by atoms with Gasteiger partial charge >= 0.3 is 0 Å². The molecule has 6 heavy (non-hydrogen) atoms. The second-order valence-electron chi connectivity index (χ2n) is 0.967. The van der Waals surface area contributed by atoms with Gasteiger partial charge in [-0.05, 0) is 17.9 Å². The van der Waals surface area contributed by atoms with Crippen molar-refractivity contribution in [2.24, 2.45) is 0 Å². The Kier molecular flexibility index (Phi) is 3.24. The first-order valence-electron chi connectivity index (χ1n) is 1.73. The second-order valence-corrected chi connectivity index (χ2v) is 1.39. The van der Waals surface area contributed by atoms with Crippen LogP contribution in [0, 0.1) is 0 Å². The molecule has 0 N–H and O–H groups in total. The van der Waals surface area contributed by atoms with Crippen molar-refractivity contribution in [2.75, 3.05) is 0 Å². The van der Waals surface area contributed by atoms with E-state index in [1.807, 2.05) is 0 Å². The van der Waals surface area contributed by atoms with Crippen molar-refractivity contribution in [3.63, 3.8) is 0 Å². The fraction of sp³-hybridized carbons (Fsp3) is 0.667. The Hall–Kier alpha value is 0.0249. The quantitative estimate of drug-likeness (QED) is 0.375. The van der Waals surface area contributed by atoms with E-state index >= 15 is 0 Å². The molecule has 0 saturated heterocycles. The van der Waals surface area contributed by atoms with Crippen LogP contribution in [-0.4, -0.2) is 12.5 Å². The lowest BCUT2D eigenvalue weighted by molar-refractivity contribution is -0.109. The summed E-state index contributed by atoms with van der Waals surface area (Å²) in [5, 5.41) is -0.294. The van der Waals surface area contributed by atoms with Crippen LogP contribution in [0.2, 0.25) is 13.1 Å². The molecule has 0 bridgehead atoms. The third kappa shape index (κ3) is 4.02. The van der Waals surface area contributed by atoms with Crippen molar-refractivity contribution in [2.45, 2.75) is 13.1 Å². The molecule has 0 spiro atoms. The molecule has 0 atom stereocenters. The minimum atomic E-state index is -0.294. The predicted octanol–water partition coefficient (Wildman–Crippen LogP) is 0.922. The monoisotopic (exact) mass is 103 g/mol. The number of hydrogen-bond donors (Lipinski definition) is 0. The molecule has 0 aromatic carbocycles. The van der Waals surface area contributed by atoms with Gasteiger partial charge in [-0.15, -0.1) is 0 Å². The fourth-order valence-electron chi connectivity index (χ4n) is 0.160. The zero-order valence-corrected chi connectivity index (χ0v) is 4.33. The summed E-state index contributed by atoms with van der Waals surface area (Å²) in [5.41, 5.74) is 0. The Balaban J connectivity index is 2.83. The maximum Gasteiger partial charge on any atom is 0.213 e. The van der Waals surface area contributed by atoms with Crippen LogP contribution in [0.25, 0.3) is 0 Å². The Morgan fingerprint density at radius 3 is 2.50 bits per heavy atom. The van der Waals surface area contributed by atoms with E-state index < -0.39 is 0 Å². The highest BCUT2D eigenvalue weighted by Gasteiger charge is 1.88. The third-order valence-corrected chi connectivity index (χ3v) is 0.519. The molecule has 0 heterocycles. The summed E-state index contributed by atoms with van der Waals surface area (Å²) in [6, 6.07) is 0. The first-order valence-corrected chi connectivity index (χ1v) is 2.11. The molecule has 0 aliphatic carbocycles. The Bertz CT molecular complexity index is 54.8. The largest absolute Gasteiger partial charge is 0.282 e. The number of carbonyl (C=O) groups excluding carboxylic acids is 1.